The SMILES string of the molecule is Clc1ccccc1N1N=C(C=Cc2ccccc2)CC1c1ccccc1. The molecule has 0 saturated carbocycles. The molecular formula is C23H19ClN2. The number of halogens is 1. The number of anilines is 1. The van der Waals surface area contributed by atoms with E-state index in [-0.39, 0.29) is 6.04 Å². The van der Waals surface area contributed by atoms with Gasteiger partial charge in [-0.2, -0.15) is 5.10 Å². The number of rotatable bonds is 4. The Kier molecular flexibility index (Phi) is 4.85. The Morgan fingerprint density at radius 3 is 2.19 bits per heavy atom. The molecule has 3 heteroatoms. The van der Waals surface area contributed by atoms with Crippen LogP contribution in [0.4, 0.5) is 5.69 Å². The van der Waals surface area contributed by atoms with E-state index in [4.69, 9.17) is 16.7 Å². The molecule has 0 radical (unpaired) electrons. The van der Waals surface area contributed by atoms with Crippen molar-refractivity contribution in [2.24, 2.45) is 5.10 Å². The predicted molar refractivity (Wildman–Crippen MR) is 111 cm³/mol. The Labute approximate surface area is 159 Å². The molecule has 26 heavy (non-hydrogen) atoms. The first-order valence-electron chi connectivity index (χ1n) is 8.70. The summed E-state index contributed by atoms with van der Waals surface area (Å²) in [5, 5.41) is 7.63. The molecule has 2 nitrogen and oxygen atoms in total. The molecule has 128 valence electrons. The van der Waals surface area contributed by atoms with Crippen LogP contribution in [-0.4, -0.2) is 5.71 Å². The van der Waals surface area contributed by atoms with Crippen molar-refractivity contribution in [3.05, 3.63) is 107 Å². The average Bonchev–Trinajstić information content (AvgIpc) is 3.12. The number of hydrogen-bond donors (Lipinski definition) is 0. The van der Waals surface area contributed by atoms with Gasteiger partial charge in [0.1, 0.15) is 0 Å². The van der Waals surface area contributed by atoms with E-state index in [1.165, 1.54) is 11.1 Å². The summed E-state index contributed by atoms with van der Waals surface area (Å²) < 4.78 is 0. The first-order valence-corrected chi connectivity index (χ1v) is 9.08. The van der Waals surface area contributed by atoms with Crippen molar-refractivity contribution in [3.63, 3.8) is 0 Å². The molecule has 0 aliphatic carbocycles. The molecule has 4 rings (SSSR count). The van der Waals surface area contributed by atoms with Crippen LogP contribution in [0.25, 0.3) is 6.08 Å². The molecule has 0 amide bonds. The van der Waals surface area contributed by atoms with E-state index in [1.807, 2.05) is 53.5 Å². The van der Waals surface area contributed by atoms with Crippen LogP contribution in [0.5, 0.6) is 0 Å². The van der Waals surface area contributed by atoms with Gasteiger partial charge in [0, 0.05) is 6.42 Å². The smallest absolute Gasteiger partial charge is 0.0832 e. The van der Waals surface area contributed by atoms with Gasteiger partial charge in [-0.05, 0) is 29.3 Å². The lowest BCUT2D eigenvalue weighted by atomic mass is 10.0. The molecule has 1 heterocycles. The molecule has 3 aromatic rings. The molecule has 0 saturated heterocycles. The summed E-state index contributed by atoms with van der Waals surface area (Å²) in [7, 11) is 0. The van der Waals surface area contributed by atoms with Crippen molar-refractivity contribution in [1.82, 2.24) is 0 Å². The van der Waals surface area contributed by atoms with Crippen molar-refractivity contribution in [3.8, 4) is 0 Å². The average molecular weight is 359 g/mol. The second-order valence-corrected chi connectivity index (χ2v) is 6.67. The largest absolute Gasteiger partial charge is 0.256 e. The summed E-state index contributed by atoms with van der Waals surface area (Å²) in [5.41, 5.74) is 4.38. The Bertz CT molecular complexity index is 933. The molecule has 1 unspecified atom stereocenters. The molecule has 1 aliphatic rings. The van der Waals surface area contributed by atoms with Crippen molar-refractivity contribution < 1.29 is 0 Å². The fraction of sp³-hybridized carbons (Fsp3) is 0.0870. The molecule has 3 aromatic carbocycles. The van der Waals surface area contributed by atoms with Crippen molar-refractivity contribution in [2.45, 2.75) is 12.5 Å². The minimum Gasteiger partial charge on any atom is -0.256 e. The van der Waals surface area contributed by atoms with E-state index in [0.717, 1.165) is 17.8 Å². The quantitative estimate of drug-likeness (QED) is 0.529. The number of benzene rings is 3. The minimum absolute atomic E-state index is 0.145. The van der Waals surface area contributed by atoms with Gasteiger partial charge in [-0.1, -0.05) is 90.5 Å². The Hall–Kier alpha value is -2.84. The first kappa shape index (κ1) is 16.6. The Balaban J connectivity index is 1.68. The number of hydrogen-bond acceptors (Lipinski definition) is 2. The zero-order valence-electron chi connectivity index (χ0n) is 14.3. The normalized spacial score (nSPS) is 16.9. The number of nitrogens with zero attached hydrogens (tertiary/aromatic N) is 2. The van der Waals surface area contributed by atoms with Crippen molar-refractivity contribution in [1.29, 1.82) is 0 Å². The van der Waals surface area contributed by atoms with Crippen LogP contribution in [0, 0.1) is 0 Å². The van der Waals surface area contributed by atoms with Gasteiger partial charge in [0.05, 0.1) is 22.5 Å². The second-order valence-electron chi connectivity index (χ2n) is 6.26. The summed E-state index contributed by atoms with van der Waals surface area (Å²) in [4.78, 5) is 0. The van der Waals surface area contributed by atoms with Crippen LogP contribution >= 0.6 is 11.6 Å². The molecule has 0 aromatic heterocycles. The fourth-order valence-electron chi connectivity index (χ4n) is 3.18. The molecule has 0 bridgehead atoms. The summed E-state index contributed by atoms with van der Waals surface area (Å²) in [6.07, 6.45) is 5.05. The number of hydrazone groups is 1. The highest BCUT2D eigenvalue weighted by molar-refractivity contribution is 6.33. The molecule has 1 aliphatic heterocycles. The maximum atomic E-state index is 6.45. The summed E-state index contributed by atoms with van der Waals surface area (Å²) in [6.45, 7) is 0. The lowest BCUT2D eigenvalue weighted by Gasteiger charge is -2.24. The lowest BCUT2D eigenvalue weighted by molar-refractivity contribution is 0.709. The number of para-hydroxylation sites is 1. The molecular weight excluding hydrogens is 340 g/mol. The summed E-state index contributed by atoms with van der Waals surface area (Å²) in [6, 6.07) is 28.8. The van der Waals surface area contributed by atoms with Crippen molar-refractivity contribution in [2.75, 3.05) is 5.01 Å². The third kappa shape index (κ3) is 3.56. The zero-order valence-corrected chi connectivity index (χ0v) is 15.1. The third-order valence-corrected chi connectivity index (χ3v) is 4.80. The van der Waals surface area contributed by atoms with Crippen LogP contribution in [0.3, 0.4) is 0 Å². The molecule has 1 atom stereocenters. The third-order valence-electron chi connectivity index (χ3n) is 4.49. The van der Waals surface area contributed by atoms with Gasteiger partial charge in [-0.3, -0.25) is 5.01 Å². The van der Waals surface area contributed by atoms with Gasteiger partial charge < -0.3 is 0 Å². The van der Waals surface area contributed by atoms with Gasteiger partial charge in [0.15, 0.2) is 0 Å². The highest BCUT2D eigenvalue weighted by Gasteiger charge is 2.29. The van der Waals surface area contributed by atoms with E-state index >= 15 is 0 Å². The Morgan fingerprint density at radius 2 is 1.46 bits per heavy atom. The maximum Gasteiger partial charge on any atom is 0.0832 e. The fourth-order valence-corrected chi connectivity index (χ4v) is 3.41. The Morgan fingerprint density at radius 1 is 0.808 bits per heavy atom. The van der Waals surface area contributed by atoms with E-state index < -0.39 is 0 Å². The summed E-state index contributed by atoms with van der Waals surface area (Å²) >= 11 is 6.45. The van der Waals surface area contributed by atoms with E-state index in [9.17, 15) is 0 Å². The first-order chi connectivity index (χ1) is 12.8. The second kappa shape index (κ2) is 7.59. The van der Waals surface area contributed by atoms with Gasteiger partial charge in [-0.25, -0.2) is 0 Å². The molecule has 0 spiro atoms. The van der Waals surface area contributed by atoms with Gasteiger partial charge >= 0.3 is 0 Å². The summed E-state index contributed by atoms with van der Waals surface area (Å²) in [5.74, 6) is 0. The van der Waals surface area contributed by atoms with Crippen LogP contribution in [0.1, 0.15) is 23.6 Å². The van der Waals surface area contributed by atoms with Gasteiger partial charge in [0.2, 0.25) is 0 Å². The number of allylic oxidation sites excluding steroid dienone is 1. The predicted octanol–water partition coefficient (Wildman–Crippen LogP) is 6.36. The van der Waals surface area contributed by atoms with Crippen LogP contribution in [0.15, 0.2) is 96.1 Å². The van der Waals surface area contributed by atoms with Gasteiger partial charge in [-0.15, -0.1) is 0 Å². The highest BCUT2D eigenvalue weighted by Crippen LogP contribution is 2.38. The van der Waals surface area contributed by atoms with Crippen LogP contribution in [0.2, 0.25) is 5.02 Å². The molecule has 0 fully saturated rings. The van der Waals surface area contributed by atoms with Crippen molar-refractivity contribution >= 4 is 29.1 Å². The van der Waals surface area contributed by atoms with E-state index in [0.29, 0.717) is 5.02 Å². The monoisotopic (exact) mass is 358 g/mol. The van der Waals surface area contributed by atoms with Crippen LogP contribution < -0.4 is 5.01 Å². The molecule has 0 N–H and O–H groups in total. The van der Waals surface area contributed by atoms with E-state index in [2.05, 4.69) is 48.6 Å². The standard InChI is InChI=1S/C23H19ClN2/c24-21-13-7-8-14-22(21)26-23(19-11-5-2-6-12-19)17-20(25-26)16-15-18-9-3-1-4-10-18/h1-16,23H,17H2. The van der Waals surface area contributed by atoms with Gasteiger partial charge in [0.25, 0.3) is 0 Å². The van der Waals surface area contributed by atoms with E-state index in [1.54, 1.807) is 0 Å². The lowest BCUT2D eigenvalue weighted by Crippen LogP contribution is -2.18. The minimum atomic E-state index is 0.145. The topological polar surface area (TPSA) is 15.6 Å². The van der Waals surface area contributed by atoms with Crippen LogP contribution in [-0.2, 0) is 0 Å². The highest BCUT2D eigenvalue weighted by atomic mass is 35.5. The maximum absolute atomic E-state index is 6.45. The zero-order chi connectivity index (χ0) is 17.8.